The Balaban J connectivity index is 1.47. The van der Waals surface area contributed by atoms with Crippen LogP contribution >= 0.6 is 0 Å². The highest BCUT2D eigenvalue weighted by molar-refractivity contribution is 5.83. The van der Waals surface area contributed by atoms with Gasteiger partial charge in [0.25, 0.3) is 0 Å². The standard InChI is InChI=1S/C19H20FNO3/c20-13-7-5-12(6-8-13)18(17-4-2-10-24-17)21-19(22)15-11-14(15)16-3-1-9-23-16/h1,3,5-9,14-15,17-18H,2,4,10-11H2,(H,21,22)/t14-,15-,17-,18+/m0/s1. The zero-order valence-electron chi connectivity index (χ0n) is 13.3. The molecular formula is C19H20FNO3. The number of benzene rings is 1. The van der Waals surface area contributed by atoms with E-state index in [2.05, 4.69) is 5.32 Å². The lowest BCUT2D eigenvalue weighted by atomic mass is 9.99. The Bertz CT molecular complexity index is 692. The summed E-state index contributed by atoms with van der Waals surface area (Å²) < 4.78 is 24.4. The summed E-state index contributed by atoms with van der Waals surface area (Å²) in [6, 6.07) is 9.81. The van der Waals surface area contributed by atoms with E-state index in [1.54, 1.807) is 18.4 Å². The minimum atomic E-state index is -0.281. The van der Waals surface area contributed by atoms with Crippen molar-refractivity contribution in [2.24, 2.45) is 5.92 Å². The molecule has 1 saturated heterocycles. The van der Waals surface area contributed by atoms with Crippen molar-refractivity contribution in [3.63, 3.8) is 0 Å². The van der Waals surface area contributed by atoms with Crippen LogP contribution < -0.4 is 5.32 Å². The number of hydrogen-bond acceptors (Lipinski definition) is 3. The molecule has 1 aromatic carbocycles. The maximum Gasteiger partial charge on any atom is 0.224 e. The normalized spacial score (nSPS) is 27.0. The zero-order chi connectivity index (χ0) is 16.5. The van der Waals surface area contributed by atoms with Crippen LogP contribution in [0.1, 0.15) is 42.5 Å². The number of amides is 1. The third-order valence-electron chi connectivity index (χ3n) is 4.90. The van der Waals surface area contributed by atoms with Gasteiger partial charge in [0.1, 0.15) is 11.6 Å². The summed E-state index contributed by atoms with van der Waals surface area (Å²) in [6.45, 7) is 0.705. The van der Waals surface area contributed by atoms with Gasteiger partial charge in [-0.3, -0.25) is 4.79 Å². The highest BCUT2D eigenvalue weighted by atomic mass is 19.1. The van der Waals surface area contributed by atoms with Crippen LogP contribution in [0.15, 0.2) is 47.1 Å². The first-order valence-electron chi connectivity index (χ1n) is 8.43. The van der Waals surface area contributed by atoms with Crippen molar-refractivity contribution in [1.82, 2.24) is 5.32 Å². The quantitative estimate of drug-likeness (QED) is 0.912. The van der Waals surface area contributed by atoms with Crippen LogP contribution in [0.3, 0.4) is 0 Å². The topological polar surface area (TPSA) is 51.5 Å². The number of hydrogen-bond donors (Lipinski definition) is 1. The number of ether oxygens (including phenoxy) is 1. The van der Waals surface area contributed by atoms with Gasteiger partial charge in [-0.2, -0.15) is 0 Å². The molecular weight excluding hydrogens is 309 g/mol. The maximum absolute atomic E-state index is 13.2. The van der Waals surface area contributed by atoms with E-state index < -0.39 is 0 Å². The second-order valence-electron chi connectivity index (χ2n) is 6.55. The van der Waals surface area contributed by atoms with Crippen molar-refractivity contribution in [2.75, 3.05) is 6.61 Å². The summed E-state index contributed by atoms with van der Waals surface area (Å²) in [5.74, 6) is 0.710. The van der Waals surface area contributed by atoms with E-state index in [9.17, 15) is 9.18 Å². The van der Waals surface area contributed by atoms with Gasteiger partial charge in [0.2, 0.25) is 5.91 Å². The second-order valence-corrected chi connectivity index (χ2v) is 6.55. The van der Waals surface area contributed by atoms with Gasteiger partial charge in [0.15, 0.2) is 0 Å². The monoisotopic (exact) mass is 329 g/mol. The smallest absolute Gasteiger partial charge is 0.224 e. The van der Waals surface area contributed by atoms with Gasteiger partial charge in [-0.25, -0.2) is 4.39 Å². The van der Waals surface area contributed by atoms with Gasteiger partial charge in [0.05, 0.1) is 18.4 Å². The van der Waals surface area contributed by atoms with Crippen molar-refractivity contribution in [3.05, 3.63) is 59.8 Å². The molecule has 0 spiro atoms. The summed E-state index contributed by atoms with van der Waals surface area (Å²) in [6.07, 6.45) is 4.27. The fourth-order valence-electron chi connectivity index (χ4n) is 3.49. The molecule has 2 fully saturated rings. The largest absolute Gasteiger partial charge is 0.469 e. The Labute approximate surface area is 140 Å². The van der Waals surface area contributed by atoms with E-state index in [0.717, 1.165) is 30.6 Å². The molecule has 2 aromatic rings. The Morgan fingerprint density at radius 3 is 2.75 bits per heavy atom. The average Bonchev–Trinajstić information content (AvgIpc) is 3.02. The maximum atomic E-state index is 13.2. The molecule has 1 saturated carbocycles. The zero-order valence-corrected chi connectivity index (χ0v) is 13.3. The molecule has 0 unspecified atom stereocenters. The van der Waals surface area contributed by atoms with Crippen LogP contribution in [-0.4, -0.2) is 18.6 Å². The molecule has 1 N–H and O–H groups in total. The molecule has 24 heavy (non-hydrogen) atoms. The molecule has 4 nitrogen and oxygen atoms in total. The summed E-state index contributed by atoms with van der Waals surface area (Å²) in [4.78, 5) is 12.6. The van der Waals surface area contributed by atoms with E-state index in [-0.39, 0.29) is 35.7 Å². The van der Waals surface area contributed by atoms with Crippen LogP contribution in [0.4, 0.5) is 4.39 Å². The fourth-order valence-corrected chi connectivity index (χ4v) is 3.49. The molecule has 5 heteroatoms. The second kappa shape index (κ2) is 6.40. The number of rotatable bonds is 5. The van der Waals surface area contributed by atoms with E-state index in [1.807, 2.05) is 12.1 Å². The predicted molar refractivity (Wildman–Crippen MR) is 85.8 cm³/mol. The SMILES string of the molecule is O=C(N[C@H](c1ccc(F)cc1)[C@@H]1CCCO1)[C@H]1C[C@@H]1c1ccco1. The summed E-state index contributed by atoms with van der Waals surface area (Å²) >= 11 is 0. The molecule has 1 amide bonds. The van der Waals surface area contributed by atoms with Crippen LogP contribution in [0.25, 0.3) is 0 Å². The van der Waals surface area contributed by atoms with Gasteiger partial charge in [-0.15, -0.1) is 0 Å². The van der Waals surface area contributed by atoms with Crippen LogP contribution in [-0.2, 0) is 9.53 Å². The first-order valence-corrected chi connectivity index (χ1v) is 8.43. The third-order valence-corrected chi connectivity index (χ3v) is 4.90. The lowest BCUT2D eigenvalue weighted by Gasteiger charge is -2.25. The number of furan rings is 1. The Kier molecular flexibility index (Phi) is 4.10. The van der Waals surface area contributed by atoms with Crippen molar-refractivity contribution in [1.29, 1.82) is 0 Å². The lowest BCUT2D eigenvalue weighted by molar-refractivity contribution is -0.124. The van der Waals surface area contributed by atoms with Crippen LogP contribution in [0.2, 0.25) is 0 Å². The van der Waals surface area contributed by atoms with Crippen molar-refractivity contribution in [2.45, 2.75) is 37.3 Å². The van der Waals surface area contributed by atoms with Crippen LogP contribution in [0.5, 0.6) is 0 Å². The fraction of sp³-hybridized carbons (Fsp3) is 0.421. The van der Waals surface area contributed by atoms with Gasteiger partial charge in [-0.05, 0) is 49.1 Å². The lowest BCUT2D eigenvalue weighted by Crippen LogP contribution is -2.37. The Hall–Kier alpha value is -2.14. The molecule has 4 rings (SSSR count). The van der Waals surface area contributed by atoms with Crippen molar-refractivity contribution >= 4 is 5.91 Å². The first kappa shape index (κ1) is 15.4. The molecule has 126 valence electrons. The van der Waals surface area contributed by atoms with E-state index in [4.69, 9.17) is 9.15 Å². The van der Waals surface area contributed by atoms with E-state index >= 15 is 0 Å². The molecule has 1 aromatic heterocycles. The van der Waals surface area contributed by atoms with Gasteiger partial charge < -0.3 is 14.5 Å². The van der Waals surface area contributed by atoms with Gasteiger partial charge in [0, 0.05) is 18.4 Å². The molecule has 0 radical (unpaired) electrons. The molecule has 2 heterocycles. The summed E-state index contributed by atoms with van der Waals surface area (Å²) in [5.41, 5.74) is 0.881. The van der Waals surface area contributed by atoms with Gasteiger partial charge >= 0.3 is 0 Å². The minimum Gasteiger partial charge on any atom is -0.469 e. The molecule has 0 bridgehead atoms. The van der Waals surface area contributed by atoms with Gasteiger partial charge in [-0.1, -0.05) is 12.1 Å². The van der Waals surface area contributed by atoms with Crippen LogP contribution in [0, 0.1) is 11.7 Å². The average molecular weight is 329 g/mol. The highest BCUT2D eigenvalue weighted by Crippen LogP contribution is 2.48. The molecule has 4 atom stereocenters. The predicted octanol–water partition coefficient (Wildman–Crippen LogP) is 3.56. The molecule has 2 aliphatic rings. The highest BCUT2D eigenvalue weighted by Gasteiger charge is 2.46. The summed E-state index contributed by atoms with van der Waals surface area (Å²) in [5, 5.41) is 3.12. The van der Waals surface area contributed by atoms with E-state index in [0.29, 0.717) is 6.61 Å². The number of carbonyl (C=O) groups excluding carboxylic acids is 1. The summed E-state index contributed by atoms with van der Waals surface area (Å²) in [7, 11) is 0. The first-order chi connectivity index (χ1) is 11.7. The minimum absolute atomic E-state index is 0.0150. The number of halogens is 1. The van der Waals surface area contributed by atoms with Crippen molar-refractivity contribution in [3.8, 4) is 0 Å². The Morgan fingerprint density at radius 1 is 1.25 bits per heavy atom. The molecule has 1 aliphatic heterocycles. The Morgan fingerprint density at radius 2 is 2.08 bits per heavy atom. The number of carbonyl (C=O) groups is 1. The third kappa shape index (κ3) is 3.08. The molecule has 1 aliphatic carbocycles. The van der Waals surface area contributed by atoms with E-state index in [1.165, 1.54) is 12.1 Å². The van der Waals surface area contributed by atoms with Crippen molar-refractivity contribution < 1.29 is 18.3 Å². The number of nitrogens with one attached hydrogen (secondary N) is 1.